The zero-order chi connectivity index (χ0) is 19.2. The number of esters is 1. The number of methoxy groups -OCH3 is 2. The van der Waals surface area contributed by atoms with Crippen LogP contribution in [0.3, 0.4) is 0 Å². The molecule has 26 heavy (non-hydrogen) atoms. The van der Waals surface area contributed by atoms with Gasteiger partial charge >= 0.3 is 12.1 Å². The predicted molar refractivity (Wildman–Crippen MR) is 81.9 cm³/mol. The van der Waals surface area contributed by atoms with E-state index < -0.39 is 17.7 Å². The Bertz CT molecular complexity index is 809. The fourth-order valence-electron chi connectivity index (χ4n) is 1.75. The number of alkyl halides is 3. The van der Waals surface area contributed by atoms with E-state index in [1.807, 2.05) is 0 Å². The number of carbonyl (C=O) groups excluding carboxylic acids is 1. The van der Waals surface area contributed by atoms with Crippen molar-refractivity contribution in [3.8, 4) is 23.3 Å². The minimum atomic E-state index is -4.54. The van der Waals surface area contributed by atoms with E-state index >= 15 is 0 Å². The van der Waals surface area contributed by atoms with Crippen molar-refractivity contribution in [1.82, 2.24) is 9.97 Å². The van der Waals surface area contributed by atoms with Crippen molar-refractivity contribution in [2.24, 2.45) is 0 Å². The van der Waals surface area contributed by atoms with Gasteiger partial charge in [-0.3, -0.25) is 0 Å². The van der Waals surface area contributed by atoms with E-state index in [2.05, 4.69) is 14.7 Å². The van der Waals surface area contributed by atoms with Crippen molar-refractivity contribution in [1.29, 1.82) is 0 Å². The predicted octanol–water partition coefficient (Wildman–Crippen LogP) is 3.36. The van der Waals surface area contributed by atoms with Crippen molar-refractivity contribution in [3.05, 3.63) is 48.5 Å². The van der Waals surface area contributed by atoms with E-state index in [1.54, 1.807) is 0 Å². The number of nitrogens with zero attached hydrogens (tertiary/aromatic N) is 2. The Morgan fingerprint density at radius 2 is 1.88 bits per heavy atom. The summed E-state index contributed by atoms with van der Waals surface area (Å²) in [5, 5.41) is 0. The zero-order valence-corrected chi connectivity index (χ0v) is 13.6. The zero-order valence-electron chi connectivity index (χ0n) is 13.6. The lowest BCUT2D eigenvalue weighted by Gasteiger charge is -2.13. The SMILES string of the molecule is COC=CC(=O)Oc1c(OC)ncnc1Oc1cccc(C(F)(F)F)c1. The molecular formula is C16H13F3N2O5. The average molecular weight is 370 g/mol. The number of benzene rings is 1. The molecule has 0 bridgehead atoms. The van der Waals surface area contributed by atoms with Crippen molar-refractivity contribution < 1.29 is 36.9 Å². The maximum absolute atomic E-state index is 12.8. The summed E-state index contributed by atoms with van der Waals surface area (Å²) in [6.45, 7) is 0. The second-order valence-corrected chi connectivity index (χ2v) is 4.60. The molecule has 0 atom stereocenters. The van der Waals surface area contributed by atoms with Crippen LogP contribution in [0.5, 0.6) is 23.3 Å². The van der Waals surface area contributed by atoms with Gasteiger partial charge in [0, 0.05) is 0 Å². The highest BCUT2D eigenvalue weighted by Crippen LogP contribution is 2.37. The van der Waals surface area contributed by atoms with E-state index in [0.29, 0.717) is 0 Å². The Labute approximate surface area is 146 Å². The van der Waals surface area contributed by atoms with Gasteiger partial charge in [-0.1, -0.05) is 6.07 Å². The third-order valence-corrected chi connectivity index (χ3v) is 2.85. The van der Waals surface area contributed by atoms with Gasteiger partial charge in [-0.25, -0.2) is 4.79 Å². The number of rotatable bonds is 6. The van der Waals surface area contributed by atoms with Crippen molar-refractivity contribution in [3.63, 3.8) is 0 Å². The maximum atomic E-state index is 12.8. The number of aromatic nitrogens is 2. The topological polar surface area (TPSA) is 79.8 Å². The van der Waals surface area contributed by atoms with Crippen LogP contribution in [-0.2, 0) is 15.7 Å². The van der Waals surface area contributed by atoms with Gasteiger partial charge < -0.3 is 18.9 Å². The first-order valence-electron chi connectivity index (χ1n) is 7.00. The molecule has 10 heteroatoms. The first kappa shape index (κ1) is 19.0. The quantitative estimate of drug-likeness (QED) is 0.438. The van der Waals surface area contributed by atoms with Crippen molar-refractivity contribution >= 4 is 5.97 Å². The van der Waals surface area contributed by atoms with Crippen LogP contribution in [0.1, 0.15) is 5.56 Å². The maximum Gasteiger partial charge on any atom is 0.416 e. The lowest BCUT2D eigenvalue weighted by molar-refractivity contribution is -0.137. The molecule has 138 valence electrons. The molecule has 0 N–H and O–H groups in total. The molecule has 0 spiro atoms. The Hall–Kier alpha value is -3.30. The summed E-state index contributed by atoms with van der Waals surface area (Å²) in [7, 11) is 2.59. The minimum Gasteiger partial charge on any atom is -0.504 e. The molecule has 0 amide bonds. The highest BCUT2D eigenvalue weighted by atomic mass is 19.4. The third kappa shape index (κ3) is 4.85. The summed E-state index contributed by atoms with van der Waals surface area (Å²) < 4.78 is 58.3. The van der Waals surface area contributed by atoms with E-state index in [-0.39, 0.29) is 23.3 Å². The monoisotopic (exact) mass is 370 g/mol. The van der Waals surface area contributed by atoms with E-state index in [4.69, 9.17) is 14.2 Å². The first-order chi connectivity index (χ1) is 12.3. The molecule has 0 unspecified atom stereocenters. The average Bonchev–Trinajstić information content (AvgIpc) is 2.61. The molecule has 1 aromatic carbocycles. The molecule has 0 radical (unpaired) electrons. The van der Waals surface area contributed by atoms with E-state index in [0.717, 1.165) is 30.8 Å². The fraction of sp³-hybridized carbons (Fsp3) is 0.188. The highest BCUT2D eigenvalue weighted by molar-refractivity contribution is 5.84. The van der Waals surface area contributed by atoms with Crippen LogP contribution in [0.25, 0.3) is 0 Å². The Kier molecular flexibility index (Phi) is 5.99. The molecule has 0 aliphatic rings. The van der Waals surface area contributed by atoms with Crippen LogP contribution in [0.2, 0.25) is 0 Å². The fourth-order valence-corrected chi connectivity index (χ4v) is 1.75. The molecule has 2 aromatic rings. The smallest absolute Gasteiger partial charge is 0.416 e. The van der Waals surface area contributed by atoms with Crippen LogP contribution in [0, 0.1) is 0 Å². The number of carbonyl (C=O) groups is 1. The number of hydrogen-bond donors (Lipinski definition) is 0. The third-order valence-electron chi connectivity index (χ3n) is 2.85. The van der Waals surface area contributed by atoms with Gasteiger partial charge in [0.15, 0.2) is 0 Å². The van der Waals surface area contributed by atoms with Gasteiger partial charge in [-0.15, -0.1) is 0 Å². The van der Waals surface area contributed by atoms with Crippen molar-refractivity contribution in [2.45, 2.75) is 6.18 Å². The Balaban J connectivity index is 2.35. The second-order valence-electron chi connectivity index (χ2n) is 4.60. The number of ether oxygens (including phenoxy) is 4. The van der Waals surface area contributed by atoms with Gasteiger partial charge in [0.1, 0.15) is 12.1 Å². The molecule has 0 aliphatic heterocycles. The highest BCUT2D eigenvalue weighted by Gasteiger charge is 2.31. The van der Waals surface area contributed by atoms with Gasteiger partial charge in [-0.2, -0.15) is 23.1 Å². The van der Waals surface area contributed by atoms with Gasteiger partial charge in [0.2, 0.25) is 0 Å². The van der Waals surface area contributed by atoms with Crippen molar-refractivity contribution in [2.75, 3.05) is 14.2 Å². The molecule has 7 nitrogen and oxygen atoms in total. The minimum absolute atomic E-state index is 0.138. The van der Waals surface area contributed by atoms with Crippen LogP contribution >= 0.6 is 0 Å². The van der Waals surface area contributed by atoms with Crippen LogP contribution < -0.4 is 14.2 Å². The second kappa shape index (κ2) is 8.19. The van der Waals surface area contributed by atoms with Gasteiger partial charge in [0.05, 0.1) is 32.1 Å². The molecule has 1 aromatic heterocycles. The molecule has 2 rings (SSSR count). The summed E-state index contributed by atoms with van der Waals surface area (Å²) in [4.78, 5) is 19.3. The normalized spacial score (nSPS) is 11.3. The summed E-state index contributed by atoms with van der Waals surface area (Å²) in [6.07, 6.45) is -1.44. The summed E-state index contributed by atoms with van der Waals surface area (Å²) in [5.74, 6) is -1.74. The summed E-state index contributed by atoms with van der Waals surface area (Å²) >= 11 is 0. The summed E-state index contributed by atoms with van der Waals surface area (Å²) in [5.41, 5.74) is -0.905. The molecule has 0 saturated heterocycles. The lowest BCUT2D eigenvalue weighted by atomic mass is 10.2. The summed E-state index contributed by atoms with van der Waals surface area (Å²) in [6, 6.07) is 4.14. The van der Waals surface area contributed by atoms with Crippen LogP contribution in [0.4, 0.5) is 13.2 Å². The van der Waals surface area contributed by atoms with Crippen LogP contribution in [0.15, 0.2) is 42.9 Å². The van der Waals surface area contributed by atoms with Crippen LogP contribution in [-0.4, -0.2) is 30.2 Å². The molecule has 0 aliphatic carbocycles. The van der Waals surface area contributed by atoms with Gasteiger partial charge in [0.25, 0.3) is 17.5 Å². The standard InChI is InChI=1S/C16H13F3N2O5/c1-23-7-6-12(22)26-13-14(24-2)20-9-21-15(13)25-11-5-3-4-10(8-11)16(17,18)19/h3-9H,1-2H3. The number of hydrogen-bond acceptors (Lipinski definition) is 7. The number of halogens is 3. The van der Waals surface area contributed by atoms with Gasteiger partial charge in [-0.05, 0) is 18.2 Å². The lowest BCUT2D eigenvalue weighted by Crippen LogP contribution is -2.08. The largest absolute Gasteiger partial charge is 0.504 e. The van der Waals surface area contributed by atoms with E-state index in [9.17, 15) is 18.0 Å². The Morgan fingerprint density at radius 3 is 2.54 bits per heavy atom. The first-order valence-corrected chi connectivity index (χ1v) is 7.00. The molecule has 1 heterocycles. The Morgan fingerprint density at radius 1 is 1.15 bits per heavy atom. The molecule has 0 saturated carbocycles. The molecular weight excluding hydrogens is 357 g/mol. The van der Waals surface area contributed by atoms with E-state index in [1.165, 1.54) is 26.4 Å². The molecule has 0 fully saturated rings.